The molecule has 0 aromatic heterocycles. The van der Waals surface area contributed by atoms with Gasteiger partial charge < -0.3 is 31.1 Å². The first-order valence-corrected chi connectivity index (χ1v) is 36.0. The Morgan fingerprint density at radius 2 is 0.649 bits per heavy atom. The molecule has 2 aliphatic carbocycles. The molecule has 8 rings (SSSR count). The molecule has 94 heavy (non-hydrogen) atoms. The Kier molecular flexibility index (Phi) is 29.3. The van der Waals surface area contributed by atoms with Crippen LogP contribution < -0.4 is 10.6 Å². The van der Waals surface area contributed by atoms with Gasteiger partial charge in [0.25, 0.3) is 0 Å². The molecule has 2 aliphatic rings. The van der Waals surface area contributed by atoms with Crippen LogP contribution in [0.15, 0.2) is 121 Å². The maximum absolute atomic E-state index is 13.6. The number of aliphatic hydroxyl groups is 2. The van der Waals surface area contributed by atoms with Gasteiger partial charge in [0.1, 0.15) is 23.1 Å². The number of hydrogen-bond donors (Lipinski definition) is 6. The summed E-state index contributed by atoms with van der Waals surface area (Å²) in [4.78, 5) is 81.1. The highest BCUT2D eigenvalue weighted by Crippen LogP contribution is 2.41. The molecule has 0 radical (unpaired) electrons. The third kappa shape index (κ3) is 19.8. The Morgan fingerprint density at radius 3 is 0.968 bits per heavy atom. The number of rotatable bonds is 45. The van der Waals surface area contributed by atoms with Gasteiger partial charge in [0.05, 0.1) is 58.7 Å². The molecule has 0 aliphatic heterocycles. The van der Waals surface area contributed by atoms with E-state index in [1.807, 2.05) is 36.4 Å². The third-order valence-electron chi connectivity index (χ3n) is 19.9. The van der Waals surface area contributed by atoms with Gasteiger partial charge in [-0.05, 0) is 84.3 Å². The van der Waals surface area contributed by atoms with Gasteiger partial charge in [0.15, 0.2) is 23.1 Å². The quantitative estimate of drug-likeness (QED) is 0.0156. The zero-order valence-corrected chi connectivity index (χ0v) is 56.1. The molecule has 0 saturated heterocycles. The summed E-state index contributed by atoms with van der Waals surface area (Å²) in [5.41, 5.74) is 4.56. The number of phenols is 2. The van der Waals surface area contributed by atoms with Crippen LogP contribution in [0.3, 0.4) is 0 Å². The lowest BCUT2D eigenvalue weighted by molar-refractivity contribution is -0.122. The number of unbranched alkanes of at least 4 members (excludes halogenated alkanes) is 22. The van der Waals surface area contributed by atoms with E-state index in [0.29, 0.717) is 46.7 Å². The Morgan fingerprint density at radius 1 is 0.351 bits per heavy atom. The standard InChI is InChI=1S/C82H104N2O10/c1-3-5-7-23-35-57(37-25-19-15-11-9-13-17-21-27-47-71(87)67(55-85)59-39-33-41-61(53-59)83-69-49-51-73(89)77-75(69)79(91)63-43-29-31-45-65(63)81(77)93)58(36-24-8-6-4-2)38-26-20-16-12-10-14-18-22-28-48-72(88)68(56-86)60-40-34-42-62(54-60)84-70-50-52-74(90)78-76(70)80(92)64-44-30-32-46-66(64)82(78)94/h29-34,39-46,49-54,57-58,67-68,83-86,89-90H,3-28,35-38,47-48,55-56H2,1-2H3. The normalized spacial score (nSPS) is 13.8. The average molecular weight is 1280 g/mol. The minimum Gasteiger partial charge on any atom is -0.507 e. The number of hydrogen-bond acceptors (Lipinski definition) is 12. The fourth-order valence-electron chi connectivity index (χ4n) is 14.5. The number of Topliss-reactive ketones (excluding diaryl/α,β-unsaturated/α-hetero) is 2. The molecule has 502 valence electrons. The first-order valence-electron chi connectivity index (χ1n) is 36.0. The lowest BCUT2D eigenvalue weighted by atomic mass is 9.78. The van der Waals surface area contributed by atoms with Gasteiger partial charge in [0.2, 0.25) is 0 Å². The first-order chi connectivity index (χ1) is 45.9. The molecule has 6 N–H and O–H groups in total. The molecule has 4 atom stereocenters. The lowest BCUT2D eigenvalue weighted by Crippen LogP contribution is -2.22. The number of aromatic hydroxyl groups is 2. The van der Waals surface area contributed by atoms with Crippen LogP contribution in [0.1, 0.15) is 306 Å². The van der Waals surface area contributed by atoms with E-state index >= 15 is 0 Å². The predicted octanol–water partition coefficient (Wildman–Crippen LogP) is 19.9. The fourth-order valence-corrected chi connectivity index (χ4v) is 14.5. The number of phenolic OH excluding ortho intramolecular Hbond substituents is 2. The topological polar surface area (TPSA) is 207 Å². The van der Waals surface area contributed by atoms with Crippen molar-refractivity contribution < 1.29 is 49.2 Å². The van der Waals surface area contributed by atoms with Crippen molar-refractivity contribution in [3.05, 3.63) is 177 Å². The second-order valence-corrected chi connectivity index (χ2v) is 26.7. The van der Waals surface area contributed by atoms with E-state index < -0.39 is 23.4 Å². The molecule has 6 aromatic rings. The van der Waals surface area contributed by atoms with E-state index in [-0.39, 0.29) is 92.4 Å². The van der Waals surface area contributed by atoms with Gasteiger partial charge in [-0.3, -0.25) is 28.8 Å². The summed E-state index contributed by atoms with van der Waals surface area (Å²) in [5, 5.41) is 48.7. The minimum absolute atomic E-state index is 0.00479. The average Bonchev–Trinajstić information content (AvgIpc) is 0.758. The number of anilines is 4. The summed E-state index contributed by atoms with van der Waals surface area (Å²) < 4.78 is 0. The Hall–Kier alpha value is -7.54. The van der Waals surface area contributed by atoms with Crippen LogP contribution >= 0.6 is 0 Å². The minimum atomic E-state index is -0.670. The van der Waals surface area contributed by atoms with Crippen molar-refractivity contribution in [1.29, 1.82) is 0 Å². The molecule has 4 unspecified atom stereocenters. The Labute approximate surface area is 559 Å². The van der Waals surface area contributed by atoms with Crippen LogP contribution in [-0.2, 0) is 9.59 Å². The van der Waals surface area contributed by atoms with Crippen LogP contribution in [-0.4, -0.2) is 68.3 Å². The number of nitrogens with one attached hydrogen (secondary N) is 2. The Balaban J connectivity index is 0.690. The van der Waals surface area contributed by atoms with Crippen LogP contribution in [0, 0.1) is 11.8 Å². The van der Waals surface area contributed by atoms with Crippen LogP contribution in [0.25, 0.3) is 0 Å². The smallest absolute Gasteiger partial charge is 0.198 e. The zero-order chi connectivity index (χ0) is 66.6. The molecule has 0 saturated carbocycles. The third-order valence-corrected chi connectivity index (χ3v) is 19.9. The van der Waals surface area contributed by atoms with E-state index in [4.69, 9.17) is 0 Å². The van der Waals surface area contributed by atoms with Crippen molar-refractivity contribution in [2.45, 2.75) is 231 Å². The second-order valence-electron chi connectivity index (χ2n) is 26.7. The second kappa shape index (κ2) is 38.1. The maximum atomic E-state index is 13.6. The SMILES string of the molecule is CCCCCCC(CCCCCCCCCCCC(=O)C(CO)c1cccc(Nc2ccc(O)c3c2C(=O)c2ccccc2C3=O)c1)C(CCCCCC)CCCCCCCCCCCC(=O)C(CO)c1cccc(Nc2ccc(O)c3c2C(=O)c2ccccc2C3=O)c1. The van der Waals surface area contributed by atoms with Gasteiger partial charge in [-0.15, -0.1) is 0 Å². The molecule has 0 fully saturated rings. The predicted molar refractivity (Wildman–Crippen MR) is 378 cm³/mol. The molecular formula is C82H104N2O10. The van der Waals surface area contributed by atoms with Gasteiger partial charge in [-0.2, -0.15) is 0 Å². The zero-order valence-electron chi connectivity index (χ0n) is 56.1. The van der Waals surface area contributed by atoms with Crippen LogP contribution in [0.4, 0.5) is 22.7 Å². The number of carbonyl (C=O) groups is 6. The van der Waals surface area contributed by atoms with Gasteiger partial charge in [-0.1, -0.05) is 266 Å². The number of ketones is 6. The molecule has 0 bridgehead atoms. The molecule has 0 amide bonds. The molecule has 12 nitrogen and oxygen atoms in total. The van der Waals surface area contributed by atoms with Crippen molar-refractivity contribution in [1.82, 2.24) is 0 Å². The number of aliphatic hydroxyl groups excluding tert-OH is 2. The van der Waals surface area contributed by atoms with E-state index in [1.165, 1.54) is 166 Å². The summed E-state index contributed by atoms with van der Waals surface area (Å²) in [6, 6.07) is 33.7. The highest BCUT2D eigenvalue weighted by atomic mass is 16.3. The fraction of sp³-hybridized carbons (Fsp3) is 0.488. The van der Waals surface area contributed by atoms with E-state index in [0.717, 1.165) is 50.4 Å². The Bertz CT molecular complexity index is 3250. The van der Waals surface area contributed by atoms with Gasteiger partial charge >= 0.3 is 0 Å². The summed E-state index contributed by atoms with van der Waals surface area (Å²) in [6.07, 6.45) is 37.7. The monoisotopic (exact) mass is 1280 g/mol. The van der Waals surface area contributed by atoms with E-state index in [1.54, 1.807) is 72.8 Å². The highest BCUT2D eigenvalue weighted by Gasteiger charge is 2.36. The van der Waals surface area contributed by atoms with Crippen molar-refractivity contribution in [2.75, 3.05) is 23.8 Å². The van der Waals surface area contributed by atoms with Crippen molar-refractivity contribution >= 4 is 57.4 Å². The highest BCUT2D eigenvalue weighted by molar-refractivity contribution is 6.32. The number of benzene rings is 6. The molecule has 0 spiro atoms. The lowest BCUT2D eigenvalue weighted by Gasteiger charge is -2.28. The largest absolute Gasteiger partial charge is 0.507 e. The van der Waals surface area contributed by atoms with E-state index in [9.17, 15) is 49.2 Å². The van der Waals surface area contributed by atoms with Crippen LogP contribution in [0.5, 0.6) is 11.5 Å². The van der Waals surface area contributed by atoms with Crippen molar-refractivity contribution in [3.8, 4) is 11.5 Å². The van der Waals surface area contributed by atoms with Gasteiger partial charge in [-0.25, -0.2) is 0 Å². The maximum Gasteiger partial charge on any atom is 0.198 e. The number of fused-ring (bicyclic) bond motifs is 4. The number of carbonyl (C=O) groups excluding carboxylic acids is 6. The van der Waals surface area contributed by atoms with Gasteiger partial charge in [0, 0.05) is 46.5 Å². The molecule has 6 aromatic carbocycles. The van der Waals surface area contributed by atoms with Crippen molar-refractivity contribution in [2.24, 2.45) is 11.8 Å². The summed E-state index contributed by atoms with van der Waals surface area (Å²) in [5.74, 6) is -1.72. The molecular weight excluding hydrogens is 1170 g/mol. The first kappa shape index (κ1) is 72.3. The summed E-state index contributed by atoms with van der Waals surface area (Å²) in [6.45, 7) is 4.00. The van der Waals surface area contributed by atoms with E-state index in [2.05, 4.69) is 24.5 Å². The molecule has 12 heteroatoms. The van der Waals surface area contributed by atoms with Crippen molar-refractivity contribution in [3.63, 3.8) is 0 Å². The summed E-state index contributed by atoms with van der Waals surface area (Å²) >= 11 is 0. The summed E-state index contributed by atoms with van der Waals surface area (Å²) in [7, 11) is 0. The molecule has 0 heterocycles. The van der Waals surface area contributed by atoms with Crippen LogP contribution in [0.2, 0.25) is 0 Å².